The van der Waals surface area contributed by atoms with Crippen LogP contribution in [0.25, 0.3) is 21.9 Å². The van der Waals surface area contributed by atoms with Crippen LogP contribution in [0.15, 0.2) is 66.7 Å². The minimum Gasteiger partial charge on any atom is -0.310 e. The zero-order valence-corrected chi connectivity index (χ0v) is 12.6. The molecular formula is C20H21N. The van der Waals surface area contributed by atoms with E-state index >= 15 is 0 Å². The average Bonchev–Trinajstić information content (AvgIpc) is 2.52. The lowest BCUT2D eigenvalue weighted by molar-refractivity contribution is 0.589. The number of nitrogens with one attached hydrogen (secondary N) is 1. The predicted molar refractivity (Wildman–Crippen MR) is 91.4 cm³/mol. The molecule has 0 bridgehead atoms. The molecule has 21 heavy (non-hydrogen) atoms. The van der Waals surface area contributed by atoms with Crippen LogP contribution in [0, 0.1) is 0 Å². The number of benzene rings is 3. The van der Waals surface area contributed by atoms with Crippen molar-refractivity contribution < 1.29 is 0 Å². The molecule has 0 saturated heterocycles. The van der Waals surface area contributed by atoms with E-state index in [1.807, 2.05) is 0 Å². The summed E-state index contributed by atoms with van der Waals surface area (Å²) in [5.41, 5.74) is 3.95. The van der Waals surface area contributed by atoms with Gasteiger partial charge in [-0.3, -0.25) is 0 Å². The highest BCUT2D eigenvalue weighted by molar-refractivity contribution is 5.87. The summed E-state index contributed by atoms with van der Waals surface area (Å²) in [5, 5.41) is 6.09. The van der Waals surface area contributed by atoms with Crippen LogP contribution in [0.2, 0.25) is 0 Å². The molecule has 0 radical (unpaired) electrons. The van der Waals surface area contributed by atoms with Gasteiger partial charge in [-0.15, -0.1) is 0 Å². The van der Waals surface area contributed by atoms with Crippen molar-refractivity contribution in [2.24, 2.45) is 0 Å². The molecule has 0 amide bonds. The zero-order valence-electron chi connectivity index (χ0n) is 12.6. The van der Waals surface area contributed by atoms with Crippen molar-refractivity contribution in [1.82, 2.24) is 5.32 Å². The van der Waals surface area contributed by atoms with Gasteiger partial charge in [-0.05, 0) is 33.5 Å². The van der Waals surface area contributed by atoms with E-state index in [0.717, 1.165) is 6.54 Å². The first kappa shape index (κ1) is 13.8. The largest absolute Gasteiger partial charge is 0.310 e. The quantitative estimate of drug-likeness (QED) is 0.706. The Morgan fingerprint density at radius 2 is 1.52 bits per heavy atom. The Balaban J connectivity index is 2.01. The fourth-order valence-electron chi connectivity index (χ4n) is 2.63. The van der Waals surface area contributed by atoms with Gasteiger partial charge in [0.25, 0.3) is 0 Å². The fourth-order valence-corrected chi connectivity index (χ4v) is 2.63. The first-order chi connectivity index (χ1) is 10.2. The minimum absolute atomic E-state index is 0.495. The lowest BCUT2D eigenvalue weighted by atomic mass is 9.97. The lowest BCUT2D eigenvalue weighted by Crippen LogP contribution is -2.22. The molecule has 3 aromatic carbocycles. The highest BCUT2D eigenvalue weighted by atomic mass is 14.9. The van der Waals surface area contributed by atoms with Gasteiger partial charge in [0, 0.05) is 12.6 Å². The van der Waals surface area contributed by atoms with Gasteiger partial charge in [0.1, 0.15) is 0 Å². The molecule has 0 saturated carbocycles. The summed E-state index contributed by atoms with van der Waals surface area (Å²) in [6.45, 7) is 5.26. The summed E-state index contributed by atoms with van der Waals surface area (Å²) in [5.74, 6) is 0. The van der Waals surface area contributed by atoms with Crippen molar-refractivity contribution in [1.29, 1.82) is 0 Å². The van der Waals surface area contributed by atoms with Crippen LogP contribution >= 0.6 is 0 Å². The molecule has 3 rings (SSSR count). The molecule has 0 unspecified atom stereocenters. The van der Waals surface area contributed by atoms with Gasteiger partial charge in [0.05, 0.1) is 0 Å². The molecule has 3 aromatic rings. The van der Waals surface area contributed by atoms with E-state index in [2.05, 4.69) is 85.9 Å². The van der Waals surface area contributed by atoms with Crippen molar-refractivity contribution in [2.75, 3.05) is 0 Å². The maximum absolute atomic E-state index is 3.51. The number of hydrogen-bond donors (Lipinski definition) is 1. The van der Waals surface area contributed by atoms with E-state index in [-0.39, 0.29) is 0 Å². The van der Waals surface area contributed by atoms with E-state index in [0.29, 0.717) is 6.04 Å². The Morgan fingerprint density at radius 1 is 0.810 bits per heavy atom. The second-order valence-corrected chi connectivity index (χ2v) is 5.75. The minimum atomic E-state index is 0.495. The summed E-state index contributed by atoms with van der Waals surface area (Å²) in [6, 6.07) is 24.4. The first-order valence-electron chi connectivity index (χ1n) is 7.54. The van der Waals surface area contributed by atoms with Crippen molar-refractivity contribution in [3.05, 3.63) is 72.3 Å². The molecule has 1 nitrogen and oxygen atoms in total. The summed E-state index contributed by atoms with van der Waals surface area (Å²) in [7, 11) is 0. The third kappa shape index (κ3) is 3.14. The molecular weight excluding hydrogens is 254 g/mol. The van der Waals surface area contributed by atoms with Gasteiger partial charge in [-0.2, -0.15) is 0 Å². The monoisotopic (exact) mass is 275 g/mol. The number of rotatable bonds is 4. The summed E-state index contributed by atoms with van der Waals surface area (Å²) >= 11 is 0. The van der Waals surface area contributed by atoms with Crippen LogP contribution in [-0.4, -0.2) is 6.04 Å². The normalized spacial score (nSPS) is 11.2. The van der Waals surface area contributed by atoms with Crippen molar-refractivity contribution >= 4 is 10.8 Å². The van der Waals surface area contributed by atoms with Crippen molar-refractivity contribution in [3.8, 4) is 11.1 Å². The van der Waals surface area contributed by atoms with Crippen LogP contribution in [-0.2, 0) is 6.54 Å². The Kier molecular flexibility index (Phi) is 4.03. The second-order valence-electron chi connectivity index (χ2n) is 5.75. The molecule has 0 fully saturated rings. The van der Waals surface area contributed by atoms with Crippen LogP contribution in [0.3, 0.4) is 0 Å². The Labute approximate surface area is 126 Å². The van der Waals surface area contributed by atoms with Crippen molar-refractivity contribution in [3.63, 3.8) is 0 Å². The van der Waals surface area contributed by atoms with Crippen LogP contribution in [0.5, 0.6) is 0 Å². The van der Waals surface area contributed by atoms with Gasteiger partial charge in [-0.25, -0.2) is 0 Å². The molecule has 0 heterocycles. The molecule has 0 aromatic heterocycles. The molecule has 1 N–H and O–H groups in total. The van der Waals surface area contributed by atoms with Gasteiger partial charge in [-0.1, -0.05) is 74.5 Å². The average molecular weight is 275 g/mol. The van der Waals surface area contributed by atoms with Gasteiger partial charge in [0.2, 0.25) is 0 Å². The predicted octanol–water partition coefficient (Wildman–Crippen LogP) is 5.00. The second kappa shape index (κ2) is 6.11. The maximum atomic E-state index is 3.51. The zero-order chi connectivity index (χ0) is 14.7. The van der Waals surface area contributed by atoms with Gasteiger partial charge >= 0.3 is 0 Å². The topological polar surface area (TPSA) is 12.0 Å². The number of fused-ring (bicyclic) bond motifs is 1. The Hall–Kier alpha value is -2.12. The molecule has 1 heteroatoms. The van der Waals surface area contributed by atoms with E-state index in [9.17, 15) is 0 Å². The van der Waals surface area contributed by atoms with Crippen LogP contribution in [0.1, 0.15) is 19.4 Å². The Bertz CT molecular complexity index is 743. The van der Waals surface area contributed by atoms with E-state index in [4.69, 9.17) is 0 Å². The third-order valence-corrected chi connectivity index (χ3v) is 3.78. The third-order valence-electron chi connectivity index (χ3n) is 3.78. The van der Waals surface area contributed by atoms with E-state index < -0.39 is 0 Å². The van der Waals surface area contributed by atoms with Gasteiger partial charge in [0.15, 0.2) is 0 Å². The van der Waals surface area contributed by atoms with Crippen LogP contribution in [0.4, 0.5) is 0 Å². The molecule has 0 aliphatic carbocycles. The summed E-state index contributed by atoms with van der Waals surface area (Å²) in [4.78, 5) is 0. The molecule has 106 valence electrons. The summed E-state index contributed by atoms with van der Waals surface area (Å²) < 4.78 is 0. The van der Waals surface area contributed by atoms with Crippen LogP contribution < -0.4 is 5.32 Å². The first-order valence-corrected chi connectivity index (χ1v) is 7.54. The van der Waals surface area contributed by atoms with Gasteiger partial charge < -0.3 is 5.32 Å². The standard InChI is InChI=1S/C20H21N/c1-15(2)21-14-19-9-5-6-10-20(19)18-12-11-16-7-3-4-8-17(16)13-18/h3-13,15,21H,14H2,1-2H3. The molecule has 0 spiro atoms. The maximum Gasteiger partial charge on any atom is 0.0214 e. The van der Waals surface area contributed by atoms with E-state index in [1.165, 1.54) is 27.5 Å². The Morgan fingerprint density at radius 3 is 2.33 bits per heavy atom. The smallest absolute Gasteiger partial charge is 0.0214 e. The highest BCUT2D eigenvalue weighted by Crippen LogP contribution is 2.27. The molecule has 0 atom stereocenters. The number of hydrogen-bond acceptors (Lipinski definition) is 1. The highest BCUT2D eigenvalue weighted by Gasteiger charge is 2.05. The molecule has 0 aliphatic rings. The molecule has 0 aliphatic heterocycles. The fraction of sp³-hybridized carbons (Fsp3) is 0.200. The lowest BCUT2D eigenvalue weighted by Gasteiger charge is -2.13. The SMILES string of the molecule is CC(C)NCc1ccccc1-c1ccc2ccccc2c1. The van der Waals surface area contributed by atoms with Crippen molar-refractivity contribution in [2.45, 2.75) is 26.4 Å². The van der Waals surface area contributed by atoms with E-state index in [1.54, 1.807) is 0 Å². The summed E-state index contributed by atoms with van der Waals surface area (Å²) in [6.07, 6.45) is 0.